The van der Waals surface area contributed by atoms with Gasteiger partial charge < -0.3 is 18.4 Å². The van der Waals surface area contributed by atoms with Crippen LogP contribution in [0.4, 0.5) is 5.95 Å². The molecule has 0 aliphatic rings. The molecule has 1 aromatic rings. The van der Waals surface area contributed by atoms with Gasteiger partial charge in [-0.3, -0.25) is 0 Å². The number of hydrogen-bond donors (Lipinski definition) is 1. The summed E-state index contributed by atoms with van der Waals surface area (Å²) >= 11 is 4.47. The minimum atomic E-state index is 0. The van der Waals surface area contributed by atoms with E-state index in [1.165, 1.54) is 0 Å². The van der Waals surface area contributed by atoms with Crippen molar-refractivity contribution in [3.63, 3.8) is 0 Å². The maximum absolute atomic E-state index is 5.03. The first-order valence-corrected chi connectivity index (χ1v) is 2.20. The Kier molecular flexibility index (Phi) is 4.71. The molecule has 9 heavy (non-hydrogen) atoms. The van der Waals surface area contributed by atoms with E-state index in [2.05, 4.69) is 33.0 Å². The molecule has 0 amide bonds. The average molecular weight is 167 g/mol. The van der Waals surface area contributed by atoms with Gasteiger partial charge in [0.1, 0.15) is 0 Å². The standard InChI is InChI=1S/C2H3N5S.K/c3-1-4-6-2(8)7-5-1;/h(H2,3,4,5)(H,6,7,8);/q;+1/p-1. The largest absolute Gasteiger partial charge is 1.00 e. The van der Waals surface area contributed by atoms with E-state index in [4.69, 9.17) is 5.73 Å². The van der Waals surface area contributed by atoms with Gasteiger partial charge in [0, 0.05) is 0 Å². The molecule has 42 valence electrons. The molecule has 0 aromatic carbocycles. The van der Waals surface area contributed by atoms with Gasteiger partial charge >= 0.3 is 51.4 Å². The Morgan fingerprint density at radius 1 is 1.11 bits per heavy atom. The molecule has 0 fully saturated rings. The van der Waals surface area contributed by atoms with Crippen molar-refractivity contribution in [1.82, 2.24) is 20.4 Å². The van der Waals surface area contributed by atoms with Gasteiger partial charge in [-0.25, -0.2) is 0 Å². The van der Waals surface area contributed by atoms with Crippen LogP contribution >= 0.6 is 0 Å². The van der Waals surface area contributed by atoms with Crippen LogP contribution in [0.1, 0.15) is 0 Å². The third kappa shape index (κ3) is 3.33. The number of nitrogen functional groups attached to an aromatic ring is 1. The molecule has 0 aliphatic carbocycles. The minimum Gasteiger partial charge on any atom is -0.736 e. The van der Waals surface area contributed by atoms with E-state index in [0.717, 1.165) is 0 Å². The van der Waals surface area contributed by atoms with Crippen molar-refractivity contribution in [2.24, 2.45) is 0 Å². The van der Waals surface area contributed by atoms with Crippen LogP contribution in [0.2, 0.25) is 0 Å². The molecule has 2 N–H and O–H groups in total. The van der Waals surface area contributed by atoms with E-state index in [9.17, 15) is 0 Å². The summed E-state index contributed by atoms with van der Waals surface area (Å²) in [6.45, 7) is 0. The van der Waals surface area contributed by atoms with Crippen molar-refractivity contribution < 1.29 is 51.4 Å². The fourth-order valence-electron chi connectivity index (χ4n) is 0.228. The summed E-state index contributed by atoms with van der Waals surface area (Å²) in [6, 6.07) is 0. The van der Waals surface area contributed by atoms with E-state index >= 15 is 0 Å². The molecule has 0 radical (unpaired) electrons. The third-order valence-electron chi connectivity index (χ3n) is 0.476. The molecule has 0 saturated carbocycles. The number of aromatic nitrogens is 4. The van der Waals surface area contributed by atoms with Crippen LogP contribution in [0, 0.1) is 0 Å². The third-order valence-corrected chi connectivity index (χ3v) is 0.639. The van der Waals surface area contributed by atoms with Gasteiger partial charge in [0.25, 0.3) is 5.95 Å². The molecular formula is C2H2KN5S. The van der Waals surface area contributed by atoms with E-state index < -0.39 is 0 Å². The Morgan fingerprint density at radius 3 is 1.89 bits per heavy atom. The van der Waals surface area contributed by atoms with Gasteiger partial charge in [0.05, 0.1) is 5.16 Å². The number of nitrogens with two attached hydrogens (primary N) is 1. The summed E-state index contributed by atoms with van der Waals surface area (Å²) in [5, 5.41) is 13.5. The van der Waals surface area contributed by atoms with Crippen molar-refractivity contribution in [2.75, 3.05) is 5.73 Å². The Balaban J connectivity index is 0.000000640. The smallest absolute Gasteiger partial charge is 0.736 e. The summed E-state index contributed by atoms with van der Waals surface area (Å²) in [4.78, 5) is 0. The Hall–Kier alpha value is 0.596. The molecule has 1 aromatic heterocycles. The summed E-state index contributed by atoms with van der Waals surface area (Å²) in [6.07, 6.45) is 0. The van der Waals surface area contributed by atoms with E-state index in [-0.39, 0.29) is 62.5 Å². The first-order valence-electron chi connectivity index (χ1n) is 1.79. The predicted octanol–water partition coefficient (Wildman–Crippen LogP) is -4.24. The second-order valence-corrected chi connectivity index (χ2v) is 1.41. The number of hydrogen-bond acceptors (Lipinski definition) is 6. The molecule has 5 nitrogen and oxygen atoms in total. The summed E-state index contributed by atoms with van der Waals surface area (Å²) in [5.41, 5.74) is 5.03. The van der Waals surface area contributed by atoms with Crippen LogP contribution < -0.4 is 57.1 Å². The predicted molar refractivity (Wildman–Crippen MR) is 27.7 cm³/mol. The molecular weight excluding hydrogens is 165 g/mol. The van der Waals surface area contributed by atoms with Crippen molar-refractivity contribution in [2.45, 2.75) is 5.16 Å². The molecule has 0 spiro atoms. The topological polar surface area (TPSA) is 77.6 Å². The van der Waals surface area contributed by atoms with E-state index in [0.29, 0.717) is 0 Å². The molecule has 0 saturated heterocycles. The van der Waals surface area contributed by atoms with Crippen molar-refractivity contribution >= 4 is 18.6 Å². The van der Waals surface area contributed by atoms with E-state index in [1.807, 2.05) is 0 Å². The Bertz CT molecular complexity index is 154. The molecule has 0 atom stereocenters. The molecule has 0 aliphatic heterocycles. The number of anilines is 1. The summed E-state index contributed by atoms with van der Waals surface area (Å²) < 4.78 is 0. The SMILES string of the molecule is Nc1nnc([S-])nn1.[K+]. The van der Waals surface area contributed by atoms with Crippen LogP contribution in [0.25, 0.3) is 0 Å². The summed E-state index contributed by atoms with van der Waals surface area (Å²) in [7, 11) is 0. The zero-order valence-corrected chi connectivity index (χ0v) is 8.71. The minimum absolute atomic E-state index is 0. The van der Waals surface area contributed by atoms with Gasteiger partial charge in [-0.05, 0) is 0 Å². The first kappa shape index (κ1) is 9.60. The maximum Gasteiger partial charge on any atom is 1.00 e. The maximum atomic E-state index is 5.03. The molecule has 0 bridgehead atoms. The van der Waals surface area contributed by atoms with Crippen molar-refractivity contribution in [3.8, 4) is 0 Å². The molecule has 7 heteroatoms. The Morgan fingerprint density at radius 2 is 1.56 bits per heavy atom. The van der Waals surface area contributed by atoms with Crippen LogP contribution in [-0.4, -0.2) is 20.4 Å². The van der Waals surface area contributed by atoms with Gasteiger partial charge in [0.15, 0.2) is 0 Å². The van der Waals surface area contributed by atoms with Crippen molar-refractivity contribution in [3.05, 3.63) is 0 Å². The number of nitrogens with zero attached hydrogens (tertiary/aromatic N) is 4. The van der Waals surface area contributed by atoms with Gasteiger partial charge in [-0.1, -0.05) is 0 Å². The first-order chi connectivity index (χ1) is 3.79. The molecule has 1 heterocycles. The molecule has 0 unspecified atom stereocenters. The van der Waals surface area contributed by atoms with Gasteiger partial charge in [0.2, 0.25) is 0 Å². The van der Waals surface area contributed by atoms with Crippen LogP contribution in [0.3, 0.4) is 0 Å². The Labute approximate surface area is 99.7 Å². The zero-order chi connectivity index (χ0) is 5.98. The fraction of sp³-hybridized carbons (Fsp3) is 0. The molecule has 1 rings (SSSR count). The average Bonchev–Trinajstić information content (AvgIpc) is 1.77. The second kappa shape index (κ2) is 4.42. The van der Waals surface area contributed by atoms with Crippen LogP contribution in [-0.2, 0) is 12.6 Å². The summed E-state index contributed by atoms with van der Waals surface area (Å²) in [5.74, 6) is 0.0404. The second-order valence-electron chi connectivity index (χ2n) is 1.04. The van der Waals surface area contributed by atoms with E-state index in [1.54, 1.807) is 0 Å². The zero-order valence-electron chi connectivity index (χ0n) is 4.77. The quantitative estimate of drug-likeness (QED) is 0.311. The normalized spacial score (nSPS) is 8.00. The van der Waals surface area contributed by atoms with Gasteiger partial charge in [-0.15, -0.1) is 10.2 Å². The fourth-order valence-corrected chi connectivity index (χ4v) is 0.310. The van der Waals surface area contributed by atoms with Crippen LogP contribution in [0.5, 0.6) is 0 Å². The van der Waals surface area contributed by atoms with Crippen LogP contribution in [0.15, 0.2) is 5.16 Å². The monoisotopic (exact) mass is 167 g/mol. The number of rotatable bonds is 0. The van der Waals surface area contributed by atoms with Gasteiger partial charge in [-0.2, -0.15) is 10.2 Å². The van der Waals surface area contributed by atoms with Crippen molar-refractivity contribution in [1.29, 1.82) is 0 Å².